The molecule has 2 aromatic rings. The fourth-order valence-corrected chi connectivity index (χ4v) is 2.13. The number of methoxy groups -OCH3 is 1. The van der Waals surface area contributed by atoms with Crippen LogP contribution in [0.25, 0.3) is 0 Å². The average Bonchev–Trinajstić information content (AvgIpc) is 2.47. The molecular formula is C15H14ClFN2O2. The van der Waals surface area contributed by atoms with Gasteiger partial charge >= 0.3 is 0 Å². The molecule has 0 aliphatic carbocycles. The molecule has 0 aliphatic heterocycles. The van der Waals surface area contributed by atoms with Crippen molar-refractivity contribution in [2.24, 2.45) is 5.73 Å². The molecule has 1 amide bonds. The minimum atomic E-state index is -0.617. The molecule has 0 aromatic heterocycles. The second-order valence-electron chi connectivity index (χ2n) is 4.33. The van der Waals surface area contributed by atoms with Crippen LogP contribution in [0, 0.1) is 5.82 Å². The maximum atomic E-state index is 13.7. The molecule has 0 fully saturated rings. The van der Waals surface area contributed by atoms with E-state index >= 15 is 0 Å². The Kier molecular flexibility index (Phi) is 4.65. The quantitative estimate of drug-likeness (QED) is 0.891. The van der Waals surface area contributed by atoms with Crippen LogP contribution in [0.5, 0.6) is 5.75 Å². The highest BCUT2D eigenvalue weighted by atomic mass is 35.5. The van der Waals surface area contributed by atoms with E-state index in [1.54, 1.807) is 18.2 Å². The summed E-state index contributed by atoms with van der Waals surface area (Å²) in [6.07, 6.45) is 0. The van der Waals surface area contributed by atoms with Crippen molar-refractivity contribution in [3.8, 4) is 5.75 Å². The van der Waals surface area contributed by atoms with Gasteiger partial charge in [0.15, 0.2) is 0 Å². The number of halogens is 2. The van der Waals surface area contributed by atoms with E-state index in [-0.39, 0.29) is 17.8 Å². The Morgan fingerprint density at radius 3 is 2.81 bits per heavy atom. The summed E-state index contributed by atoms with van der Waals surface area (Å²) in [7, 11) is 1.53. The maximum Gasteiger partial charge on any atom is 0.248 e. The van der Waals surface area contributed by atoms with Crippen molar-refractivity contribution < 1.29 is 13.9 Å². The third kappa shape index (κ3) is 3.44. The highest BCUT2D eigenvalue weighted by Crippen LogP contribution is 2.27. The highest BCUT2D eigenvalue weighted by Gasteiger charge is 2.10. The topological polar surface area (TPSA) is 64.3 Å². The summed E-state index contributed by atoms with van der Waals surface area (Å²) in [5.74, 6) is -0.499. The van der Waals surface area contributed by atoms with E-state index in [9.17, 15) is 9.18 Å². The second-order valence-corrected chi connectivity index (χ2v) is 4.74. The van der Waals surface area contributed by atoms with Crippen molar-refractivity contribution in [1.82, 2.24) is 0 Å². The lowest BCUT2D eigenvalue weighted by Gasteiger charge is -2.13. The van der Waals surface area contributed by atoms with Crippen LogP contribution < -0.4 is 15.8 Å². The summed E-state index contributed by atoms with van der Waals surface area (Å²) in [4.78, 5) is 11.1. The average molecular weight is 309 g/mol. The first-order valence-electron chi connectivity index (χ1n) is 6.17. The summed E-state index contributed by atoms with van der Waals surface area (Å²) in [5, 5.41) is 3.40. The SMILES string of the molecule is COc1cccc(Cl)c1CNc1cc(C(N)=O)ccc1F. The molecule has 0 radical (unpaired) electrons. The van der Waals surface area contributed by atoms with Gasteiger partial charge in [-0.15, -0.1) is 0 Å². The van der Waals surface area contributed by atoms with E-state index in [2.05, 4.69) is 5.32 Å². The molecule has 3 N–H and O–H groups in total. The number of primary amides is 1. The Morgan fingerprint density at radius 1 is 1.38 bits per heavy atom. The number of rotatable bonds is 5. The Morgan fingerprint density at radius 2 is 2.14 bits per heavy atom. The molecule has 0 unspecified atom stereocenters. The molecule has 21 heavy (non-hydrogen) atoms. The molecule has 4 nitrogen and oxygen atoms in total. The third-order valence-corrected chi connectivity index (χ3v) is 3.36. The van der Waals surface area contributed by atoms with Crippen molar-refractivity contribution in [1.29, 1.82) is 0 Å². The monoisotopic (exact) mass is 308 g/mol. The lowest BCUT2D eigenvalue weighted by atomic mass is 10.1. The van der Waals surface area contributed by atoms with Crippen LogP contribution in [0.2, 0.25) is 5.02 Å². The van der Waals surface area contributed by atoms with Gasteiger partial charge in [0.05, 0.1) is 12.8 Å². The molecule has 110 valence electrons. The van der Waals surface area contributed by atoms with Gasteiger partial charge in [0.1, 0.15) is 11.6 Å². The van der Waals surface area contributed by atoms with Gasteiger partial charge in [0, 0.05) is 22.7 Å². The largest absolute Gasteiger partial charge is 0.496 e. The zero-order valence-corrected chi connectivity index (χ0v) is 12.1. The Hall–Kier alpha value is -2.27. The van der Waals surface area contributed by atoms with Crippen LogP contribution in [0.1, 0.15) is 15.9 Å². The fourth-order valence-electron chi connectivity index (χ4n) is 1.90. The maximum absolute atomic E-state index is 13.7. The Labute approximate surface area is 126 Å². The first kappa shape index (κ1) is 15.1. The van der Waals surface area contributed by atoms with Crippen LogP contribution in [-0.2, 0) is 6.54 Å². The van der Waals surface area contributed by atoms with Crippen molar-refractivity contribution in [2.75, 3.05) is 12.4 Å². The normalized spacial score (nSPS) is 10.2. The number of hydrogen-bond acceptors (Lipinski definition) is 3. The fraction of sp³-hybridized carbons (Fsp3) is 0.133. The number of amides is 1. The van der Waals surface area contributed by atoms with Gasteiger partial charge in [-0.05, 0) is 30.3 Å². The standard InChI is InChI=1S/C15H14ClFN2O2/c1-21-14-4-2-3-11(16)10(14)8-19-13-7-9(15(18)20)5-6-12(13)17/h2-7,19H,8H2,1H3,(H2,18,20). The molecule has 2 aromatic carbocycles. The van der Waals surface area contributed by atoms with Crippen LogP contribution in [0.15, 0.2) is 36.4 Å². The molecule has 0 atom stereocenters. The lowest BCUT2D eigenvalue weighted by molar-refractivity contribution is 0.100. The van der Waals surface area contributed by atoms with Crippen LogP contribution in [0.3, 0.4) is 0 Å². The highest BCUT2D eigenvalue weighted by molar-refractivity contribution is 6.31. The van der Waals surface area contributed by atoms with Crippen molar-refractivity contribution in [3.05, 3.63) is 58.4 Å². The molecular weight excluding hydrogens is 295 g/mol. The number of nitrogens with two attached hydrogens (primary N) is 1. The number of hydrogen-bond donors (Lipinski definition) is 2. The van der Waals surface area contributed by atoms with Crippen LogP contribution in [-0.4, -0.2) is 13.0 Å². The summed E-state index contributed by atoms with van der Waals surface area (Å²) < 4.78 is 19.0. The number of benzene rings is 2. The number of anilines is 1. The summed E-state index contributed by atoms with van der Waals surface area (Å²) in [6.45, 7) is 0.252. The molecule has 0 saturated carbocycles. The first-order valence-corrected chi connectivity index (χ1v) is 6.55. The lowest BCUT2D eigenvalue weighted by Crippen LogP contribution is -2.12. The molecule has 2 rings (SSSR count). The van der Waals surface area contributed by atoms with E-state index in [4.69, 9.17) is 22.1 Å². The third-order valence-electron chi connectivity index (χ3n) is 3.00. The Bertz CT molecular complexity index is 677. The molecule has 0 heterocycles. The Balaban J connectivity index is 2.24. The predicted molar refractivity (Wildman–Crippen MR) is 80.2 cm³/mol. The summed E-state index contributed by atoms with van der Waals surface area (Å²) >= 11 is 6.11. The van der Waals surface area contributed by atoms with Gasteiger partial charge in [-0.25, -0.2) is 4.39 Å². The zero-order chi connectivity index (χ0) is 15.4. The molecule has 0 bridgehead atoms. The number of carbonyl (C=O) groups is 1. The zero-order valence-electron chi connectivity index (χ0n) is 11.3. The van der Waals surface area contributed by atoms with Gasteiger partial charge in [-0.1, -0.05) is 17.7 Å². The van der Waals surface area contributed by atoms with Crippen LogP contribution >= 0.6 is 11.6 Å². The van der Waals surface area contributed by atoms with Gasteiger partial charge in [-0.2, -0.15) is 0 Å². The summed E-state index contributed by atoms with van der Waals surface area (Å²) in [5.41, 5.74) is 6.28. The van der Waals surface area contributed by atoms with E-state index < -0.39 is 11.7 Å². The summed E-state index contributed by atoms with van der Waals surface area (Å²) in [6, 6.07) is 9.13. The molecule has 0 spiro atoms. The smallest absolute Gasteiger partial charge is 0.248 e. The minimum absolute atomic E-state index is 0.174. The number of nitrogens with one attached hydrogen (secondary N) is 1. The van der Waals surface area contributed by atoms with E-state index in [0.717, 1.165) is 0 Å². The first-order chi connectivity index (χ1) is 10.0. The van der Waals surface area contributed by atoms with E-state index in [1.807, 2.05) is 0 Å². The van der Waals surface area contributed by atoms with Gasteiger partial charge < -0.3 is 15.8 Å². The van der Waals surface area contributed by atoms with E-state index in [0.29, 0.717) is 16.3 Å². The minimum Gasteiger partial charge on any atom is -0.496 e. The van der Waals surface area contributed by atoms with Crippen LogP contribution in [0.4, 0.5) is 10.1 Å². The van der Waals surface area contributed by atoms with Crippen molar-refractivity contribution >= 4 is 23.2 Å². The van der Waals surface area contributed by atoms with Gasteiger partial charge in [-0.3, -0.25) is 4.79 Å². The second kappa shape index (κ2) is 6.45. The molecule has 0 saturated heterocycles. The predicted octanol–water partition coefficient (Wildman–Crippen LogP) is 3.20. The van der Waals surface area contributed by atoms with Crippen molar-refractivity contribution in [3.63, 3.8) is 0 Å². The number of carbonyl (C=O) groups excluding carboxylic acids is 1. The molecule has 0 aliphatic rings. The van der Waals surface area contributed by atoms with Gasteiger partial charge in [0.25, 0.3) is 0 Å². The number of ether oxygens (including phenoxy) is 1. The van der Waals surface area contributed by atoms with Crippen molar-refractivity contribution in [2.45, 2.75) is 6.54 Å². The van der Waals surface area contributed by atoms with E-state index in [1.165, 1.54) is 25.3 Å². The van der Waals surface area contributed by atoms with Gasteiger partial charge in [0.2, 0.25) is 5.91 Å². The molecule has 6 heteroatoms.